The van der Waals surface area contributed by atoms with E-state index in [0.717, 1.165) is 67.2 Å². The second kappa shape index (κ2) is 8.46. The van der Waals surface area contributed by atoms with Crippen LogP contribution in [0.4, 0.5) is 0 Å². The molecule has 162 valence electrons. The average molecular weight is 412 g/mol. The van der Waals surface area contributed by atoms with Crippen molar-refractivity contribution in [1.29, 1.82) is 0 Å². The van der Waals surface area contributed by atoms with Crippen LogP contribution < -0.4 is 10.1 Å². The second-order valence-electron chi connectivity index (χ2n) is 9.54. The van der Waals surface area contributed by atoms with E-state index in [1.807, 2.05) is 32.1 Å². The largest absolute Gasteiger partial charge is 0.486 e. The third kappa shape index (κ3) is 4.56. The minimum atomic E-state index is -0.629. The number of carbonyl (C=O) groups excluding carboxylic acids is 1. The fourth-order valence-electron chi connectivity index (χ4n) is 4.80. The highest BCUT2D eigenvalue weighted by atomic mass is 16.5. The van der Waals surface area contributed by atoms with Crippen LogP contribution in [0.5, 0.6) is 5.75 Å². The Morgan fingerprint density at radius 2 is 2.03 bits per heavy atom. The van der Waals surface area contributed by atoms with E-state index in [1.165, 1.54) is 0 Å². The van der Waals surface area contributed by atoms with Crippen LogP contribution in [0.15, 0.2) is 41.5 Å². The maximum atomic E-state index is 12.6. The zero-order valence-corrected chi connectivity index (χ0v) is 18.0. The number of ether oxygens (including phenoxy) is 1. The Bertz CT molecular complexity index is 895. The standard InChI is InChI=1S/C25H33NO4/c1-4-5-16-12-17-10-11-29-23(17)22(13-16)30-21-14-18(15-21)24(27)26-20-8-6-19(7-9-20)25(2,3)28/h4,10-13,18-21,28H,1,5-9,14-15H2,2-3H3,(H,26,27). The Hall–Kier alpha value is -2.27. The minimum Gasteiger partial charge on any atom is -0.486 e. The summed E-state index contributed by atoms with van der Waals surface area (Å²) in [6.07, 6.45) is 9.66. The Morgan fingerprint density at radius 1 is 1.30 bits per heavy atom. The maximum Gasteiger partial charge on any atom is 0.223 e. The van der Waals surface area contributed by atoms with Crippen LogP contribution in [0.2, 0.25) is 0 Å². The first-order valence-corrected chi connectivity index (χ1v) is 11.1. The summed E-state index contributed by atoms with van der Waals surface area (Å²) in [5.41, 5.74) is 1.28. The van der Waals surface area contributed by atoms with Gasteiger partial charge in [0.2, 0.25) is 5.91 Å². The quantitative estimate of drug-likeness (QED) is 0.644. The van der Waals surface area contributed by atoms with Crippen molar-refractivity contribution >= 4 is 16.9 Å². The molecule has 5 heteroatoms. The molecule has 2 fully saturated rings. The molecular weight excluding hydrogens is 378 g/mol. The van der Waals surface area contributed by atoms with Gasteiger partial charge in [0, 0.05) is 17.3 Å². The summed E-state index contributed by atoms with van der Waals surface area (Å²) in [5.74, 6) is 1.24. The number of fused-ring (bicyclic) bond motifs is 1. The van der Waals surface area contributed by atoms with Gasteiger partial charge in [-0.1, -0.05) is 6.08 Å². The third-order valence-electron chi connectivity index (χ3n) is 6.79. The SMILES string of the molecule is C=CCc1cc(OC2CC(C(=O)NC3CCC(C(C)(C)O)CC3)C2)c2occc2c1. The zero-order chi connectivity index (χ0) is 21.3. The molecule has 0 atom stereocenters. The van der Waals surface area contributed by atoms with Crippen molar-refractivity contribution in [3.63, 3.8) is 0 Å². The number of carbonyl (C=O) groups is 1. The van der Waals surface area contributed by atoms with E-state index in [4.69, 9.17) is 9.15 Å². The number of rotatable bonds is 7. The van der Waals surface area contributed by atoms with Crippen LogP contribution >= 0.6 is 0 Å². The van der Waals surface area contributed by atoms with E-state index < -0.39 is 5.60 Å². The number of allylic oxidation sites excluding steroid dienone is 1. The van der Waals surface area contributed by atoms with E-state index in [1.54, 1.807) is 6.26 Å². The molecule has 2 saturated carbocycles. The lowest BCUT2D eigenvalue weighted by molar-refractivity contribution is -0.131. The predicted molar refractivity (Wildman–Crippen MR) is 117 cm³/mol. The van der Waals surface area contributed by atoms with Crippen molar-refractivity contribution in [2.45, 2.75) is 76.5 Å². The molecule has 5 nitrogen and oxygen atoms in total. The molecule has 0 aliphatic heterocycles. The Labute approximate surface area is 178 Å². The maximum absolute atomic E-state index is 12.6. The fraction of sp³-hybridized carbons (Fsp3) is 0.560. The summed E-state index contributed by atoms with van der Waals surface area (Å²) in [6.45, 7) is 7.58. The third-order valence-corrected chi connectivity index (χ3v) is 6.79. The number of amides is 1. The minimum absolute atomic E-state index is 0.0189. The van der Waals surface area contributed by atoms with E-state index in [-0.39, 0.29) is 24.0 Å². The van der Waals surface area contributed by atoms with Crippen molar-refractivity contribution in [2.75, 3.05) is 0 Å². The number of benzene rings is 1. The summed E-state index contributed by atoms with van der Waals surface area (Å²) < 4.78 is 11.8. The molecule has 4 rings (SSSR count). The van der Waals surface area contributed by atoms with Gasteiger partial charge in [-0.2, -0.15) is 0 Å². The summed E-state index contributed by atoms with van der Waals surface area (Å²) in [5, 5.41) is 14.4. The smallest absolute Gasteiger partial charge is 0.223 e. The molecule has 2 aliphatic carbocycles. The van der Waals surface area contributed by atoms with Crippen molar-refractivity contribution in [1.82, 2.24) is 5.32 Å². The van der Waals surface area contributed by atoms with Gasteiger partial charge in [0.1, 0.15) is 6.10 Å². The predicted octanol–water partition coefficient (Wildman–Crippen LogP) is 4.76. The molecule has 0 unspecified atom stereocenters. The molecule has 1 amide bonds. The van der Waals surface area contributed by atoms with Gasteiger partial charge in [-0.3, -0.25) is 4.79 Å². The number of nitrogens with one attached hydrogen (secondary N) is 1. The topological polar surface area (TPSA) is 71.7 Å². The van der Waals surface area contributed by atoms with E-state index in [9.17, 15) is 9.90 Å². The number of hydrogen-bond donors (Lipinski definition) is 2. The summed E-state index contributed by atoms with van der Waals surface area (Å²) in [7, 11) is 0. The van der Waals surface area contributed by atoms with Crippen molar-refractivity contribution in [3.05, 3.63) is 42.7 Å². The first kappa shape index (κ1) is 21.0. The molecule has 2 aliphatic rings. The van der Waals surface area contributed by atoms with Crippen molar-refractivity contribution < 1.29 is 19.1 Å². The normalized spacial score (nSPS) is 26.8. The highest BCUT2D eigenvalue weighted by Crippen LogP contribution is 2.37. The fourth-order valence-corrected chi connectivity index (χ4v) is 4.80. The number of aliphatic hydroxyl groups is 1. The first-order chi connectivity index (χ1) is 14.3. The van der Waals surface area contributed by atoms with E-state index in [2.05, 4.69) is 18.0 Å². The Morgan fingerprint density at radius 3 is 2.70 bits per heavy atom. The van der Waals surface area contributed by atoms with Crippen LogP contribution in [0, 0.1) is 11.8 Å². The molecule has 2 aromatic rings. The van der Waals surface area contributed by atoms with Gasteiger partial charge in [-0.25, -0.2) is 0 Å². The summed E-state index contributed by atoms with van der Waals surface area (Å²) in [4.78, 5) is 12.6. The molecule has 0 spiro atoms. The number of hydrogen-bond acceptors (Lipinski definition) is 4. The van der Waals surface area contributed by atoms with Gasteiger partial charge < -0.3 is 19.6 Å². The summed E-state index contributed by atoms with van der Waals surface area (Å²) in [6, 6.07) is 6.28. The molecule has 1 heterocycles. The summed E-state index contributed by atoms with van der Waals surface area (Å²) >= 11 is 0. The number of furan rings is 1. The Kier molecular flexibility index (Phi) is 5.92. The van der Waals surface area contributed by atoms with Gasteiger partial charge in [0.25, 0.3) is 0 Å². The highest BCUT2D eigenvalue weighted by molar-refractivity contribution is 5.84. The van der Waals surface area contributed by atoms with E-state index in [0.29, 0.717) is 5.92 Å². The molecule has 0 saturated heterocycles. The van der Waals surface area contributed by atoms with Gasteiger partial charge >= 0.3 is 0 Å². The van der Waals surface area contributed by atoms with Crippen LogP contribution in [-0.4, -0.2) is 28.8 Å². The van der Waals surface area contributed by atoms with Crippen LogP contribution in [0.1, 0.15) is 57.9 Å². The van der Waals surface area contributed by atoms with Gasteiger partial charge in [-0.05, 0) is 88.5 Å². The van der Waals surface area contributed by atoms with Gasteiger partial charge in [-0.15, -0.1) is 6.58 Å². The van der Waals surface area contributed by atoms with Crippen molar-refractivity contribution in [3.8, 4) is 5.75 Å². The molecule has 1 aromatic heterocycles. The molecule has 0 bridgehead atoms. The molecular formula is C25H33NO4. The van der Waals surface area contributed by atoms with E-state index >= 15 is 0 Å². The molecule has 30 heavy (non-hydrogen) atoms. The zero-order valence-electron chi connectivity index (χ0n) is 18.0. The molecule has 1 aromatic carbocycles. The second-order valence-corrected chi connectivity index (χ2v) is 9.54. The van der Waals surface area contributed by atoms with Crippen LogP contribution in [-0.2, 0) is 11.2 Å². The molecule has 0 radical (unpaired) electrons. The first-order valence-electron chi connectivity index (χ1n) is 11.1. The Balaban J connectivity index is 1.27. The lowest BCUT2D eigenvalue weighted by Gasteiger charge is -2.38. The monoisotopic (exact) mass is 411 g/mol. The van der Waals surface area contributed by atoms with Crippen LogP contribution in [0.25, 0.3) is 11.0 Å². The molecule has 2 N–H and O–H groups in total. The van der Waals surface area contributed by atoms with Crippen molar-refractivity contribution in [2.24, 2.45) is 11.8 Å². The van der Waals surface area contributed by atoms with Gasteiger partial charge in [0.15, 0.2) is 11.3 Å². The van der Waals surface area contributed by atoms with Gasteiger partial charge in [0.05, 0.1) is 11.9 Å². The highest BCUT2D eigenvalue weighted by Gasteiger charge is 2.38. The lowest BCUT2D eigenvalue weighted by atomic mass is 9.76. The van der Waals surface area contributed by atoms with Crippen LogP contribution in [0.3, 0.4) is 0 Å². The average Bonchev–Trinajstić information content (AvgIpc) is 3.13. The lowest BCUT2D eigenvalue weighted by Crippen LogP contribution is -2.48.